The zero-order chi connectivity index (χ0) is 40.8. The first kappa shape index (κ1) is 39.2. The van der Waals surface area contributed by atoms with Crippen molar-refractivity contribution in [1.29, 1.82) is 0 Å². The van der Waals surface area contributed by atoms with Crippen LogP contribution >= 0.6 is 0 Å². The number of fused-ring (bicyclic) bond motifs is 2. The van der Waals surface area contributed by atoms with Gasteiger partial charge in [-0.05, 0) is 82.8 Å². The van der Waals surface area contributed by atoms with Crippen LogP contribution in [0.1, 0.15) is 79.9 Å². The number of rotatable bonds is 10. The summed E-state index contributed by atoms with van der Waals surface area (Å²) in [6, 6.07) is 6.95. The lowest BCUT2D eigenvalue weighted by Gasteiger charge is -2.43. The second-order valence-corrected chi connectivity index (χ2v) is 16.8. The summed E-state index contributed by atoms with van der Waals surface area (Å²) in [7, 11) is 1.77. The molecule has 0 radical (unpaired) electrons. The number of piperazine rings is 1. The number of carbonyl (C=O) groups excluding carboxylic acids is 3. The number of likely N-dealkylation sites (tertiary alicyclic amines) is 1. The Morgan fingerprint density at radius 3 is 2.42 bits per heavy atom. The number of pyridine rings is 1. The van der Waals surface area contributed by atoms with Gasteiger partial charge in [0, 0.05) is 108 Å². The number of nitrogens with zero attached hydrogens (tertiary/aromatic N) is 10. The summed E-state index contributed by atoms with van der Waals surface area (Å²) < 4.78 is 23.0. The topological polar surface area (TPSA) is 157 Å². The van der Waals surface area contributed by atoms with Gasteiger partial charge < -0.3 is 24.8 Å². The molecular weight excluding hydrogens is 756 g/mol. The largest absolute Gasteiger partial charge is 0.381 e. The smallest absolute Gasteiger partial charge is 0.255 e. The zero-order valence-electron chi connectivity index (χ0n) is 34.1. The van der Waals surface area contributed by atoms with Gasteiger partial charge in [0.25, 0.3) is 5.91 Å². The van der Waals surface area contributed by atoms with Crippen LogP contribution in [0.15, 0.2) is 36.7 Å². The van der Waals surface area contributed by atoms with Crippen molar-refractivity contribution in [3.05, 3.63) is 59.2 Å². The molecule has 4 saturated heterocycles. The van der Waals surface area contributed by atoms with Crippen molar-refractivity contribution in [2.24, 2.45) is 0 Å². The van der Waals surface area contributed by atoms with E-state index in [0.717, 1.165) is 100 Å². The van der Waals surface area contributed by atoms with Gasteiger partial charge in [-0.1, -0.05) is 0 Å². The van der Waals surface area contributed by atoms with Crippen molar-refractivity contribution in [3.63, 3.8) is 0 Å². The number of halogens is 1. The minimum absolute atomic E-state index is 0.161. The van der Waals surface area contributed by atoms with E-state index in [4.69, 9.17) is 19.8 Å². The van der Waals surface area contributed by atoms with Crippen LogP contribution < -0.4 is 20.4 Å². The number of methoxy groups -OCH3 is 1. The Balaban J connectivity index is 0.794. The number of carbonyl (C=O) groups is 3. The van der Waals surface area contributed by atoms with Crippen molar-refractivity contribution in [1.82, 2.24) is 44.7 Å². The van der Waals surface area contributed by atoms with Crippen molar-refractivity contribution in [3.8, 4) is 0 Å². The number of ether oxygens (including phenoxy) is 1. The number of aromatic nitrogens is 5. The molecule has 1 unspecified atom stereocenters. The quantitative estimate of drug-likeness (QED) is 0.223. The van der Waals surface area contributed by atoms with Gasteiger partial charge in [0.15, 0.2) is 5.82 Å². The molecule has 5 aliphatic rings. The normalized spacial score (nSPS) is 21.5. The van der Waals surface area contributed by atoms with Crippen LogP contribution in [0, 0.1) is 5.82 Å². The Hall–Kier alpha value is -5.26. The van der Waals surface area contributed by atoms with Crippen molar-refractivity contribution in [2.45, 2.75) is 89.7 Å². The first-order valence-electron chi connectivity index (χ1n) is 21.0. The molecule has 3 aromatic heterocycles. The summed E-state index contributed by atoms with van der Waals surface area (Å²) in [5, 5.41) is 11.9. The molecule has 0 spiro atoms. The summed E-state index contributed by atoms with van der Waals surface area (Å²) in [5.74, 6) is 1.52. The molecule has 0 bridgehead atoms. The lowest BCUT2D eigenvalue weighted by atomic mass is 10.0. The molecule has 4 aromatic rings. The second-order valence-electron chi connectivity index (χ2n) is 16.8. The van der Waals surface area contributed by atoms with Gasteiger partial charge in [0.2, 0.25) is 17.8 Å². The standard InChI is InChI=1S/C42H53FN12O4/c1-26(2)55-35-22-37(46-36-6-11-44-42(47-36)53-14-9-30(59-3)10-15-53)45-23-32(35)39(49-55)52-18-16-51(17-19-52)29-7-12-50(13-8-29)24-28-20-27-25-54(41(58)31(27)21-33(28)43)34-4-5-38(56)48-40(34)57/h6,11,20-23,26,29-30,34H,4-5,7-10,12-19,24-25H2,1-3H3,(H,48,56,57)(H,44,45,46,47). The molecule has 9 rings (SSSR count). The second kappa shape index (κ2) is 16.4. The molecule has 312 valence electrons. The summed E-state index contributed by atoms with van der Waals surface area (Å²) in [6.07, 6.45) is 8.37. The van der Waals surface area contributed by atoms with Crippen LogP contribution in [-0.2, 0) is 27.4 Å². The first-order valence-corrected chi connectivity index (χ1v) is 21.0. The predicted octanol–water partition coefficient (Wildman–Crippen LogP) is 3.85. The Bertz CT molecular complexity index is 2230. The van der Waals surface area contributed by atoms with E-state index >= 15 is 4.39 Å². The molecule has 0 saturated carbocycles. The molecule has 0 aliphatic carbocycles. The lowest BCUT2D eigenvalue weighted by molar-refractivity contribution is -0.136. The third kappa shape index (κ3) is 7.94. The van der Waals surface area contributed by atoms with Gasteiger partial charge >= 0.3 is 0 Å². The Labute approximate surface area is 343 Å². The summed E-state index contributed by atoms with van der Waals surface area (Å²) in [6.45, 7) is 12.0. The number of imide groups is 1. The van der Waals surface area contributed by atoms with Crippen LogP contribution in [0.2, 0.25) is 0 Å². The van der Waals surface area contributed by atoms with E-state index in [1.165, 1.54) is 11.0 Å². The molecule has 17 heteroatoms. The average Bonchev–Trinajstić information content (AvgIpc) is 3.78. The van der Waals surface area contributed by atoms with Crippen molar-refractivity contribution in [2.75, 3.05) is 74.6 Å². The number of anilines is 4. The van der Waals surface area contributed by atoms with Crippen molar-refractivity contribution >= 4 is 52.0 Å². The van der Waals surface area contributed by atoms with Crippen LogP contribution in [0.5, 0.6) is 0 Å². The van der Waals surface area contributed by atoms with E-state index in [2.05, 4.69) is 59.8 Å². The summed E-state index contributed by atoms with van der Waals surface area (Å²) in [5.41, 5.74) is 2.62. The SMILES string of the molecule is COC1CCN(c2nccc(Nc3cc4c(cn3)c(N3CCN(C5CCN(Cc6cc7c(cc6F)C(=O)N(C6CCC(=O)NC6=O)C7)CC5)CC3)nn4C(C)C)n2)CC1. The molecular formula is C42H53FN12O4. The Morgan fingerprint density at radius 2 is 1.69 bits per heavy atom. The molecule has 8 heterocycles. The summed E-state index contributed by atoms with van der Waals surface area (Å²) >= 11 is 0. The zero-order valence-corrected chi connectivity index (χ0v) is 34.1. The van der Waals surface area contributed by atoms with E-state index in [1.807, 2.05) is 12.3 Å². The highest BCUT2D eigenvalue weighted by Gasteiger charge is 2.40. The fraction of sp³-hybridized carbons (Fsp3) is 0.548. The maximum Gasteiger partial charge on any atom is 0.255 e. The Kier molecular flexibility index (Phi) is 10.9. The molecule has 1 atom stereocenters. The monoisotopic (exact) mass is 808 g/mol. The molecule has 1 aromatic carbocycles. The van der Waals surface area contributed by atoms with Gasteiger partial charge in [-0.2, -0.15) is 10.1 Å². The van der Waals surface area contributed by atoms with Gasteiger partial charge in [0.1, 0.15) is 23.5 Å². The highest BCUT2D eigenvalue weighted by Crippen LogP contribution is 2.33. The third-order valence-corrected chi connectivity index (χ3v) is 12.8. The summed E-state index contributed by atoms with van der Waals surface area (Å²) in [4.78, 5) is 62.3. The molecule has 4 fully saturated rings. The minimum Gasteiger partial charge on any atom is -0.381 e. The van der Waals surface area contributed by atoms with Gasteiger partial charge in [-0.25, -0.2) is 14.4 Å². The van der Waals surface area contributed by atoms with Crippen LogP contribution in [-0.4, -0.2) is 135 Å². The fourth-order valence-electron chi connectivity index (χ4n) is 9.45. The minimum atomic E-state index is -0.717. The number of amides is 3. The highest BCUT2D eigenvalue weighted by molar-refractivity contribution is 6.05. The van der Waals surface area contributed by atoms with E-state index in [0.29, 0.717) is 41.3 Å². The fourth-order valence-corrected chi connectivity index (χ4v) is 9.45. The number of hydrogen-bond acceptors (Lipinski definition) is 13. The van der Waals surface area contributed by atoms with Gasteiger partial charge in [0.05, 0.1) is 17.0 Å². The number of nitrogens with one attached hydrogen (secondary N) is 2. The Morgan fingerprint density at radius 1 is 0.915 bits per heavy atom. The highest BCUT2D eigenvalue weighted by atomic mass is 19.1. The van der Waals surface area contributed by atoms with E-state index < -0.39 is 17.8 Å². The van der Waals surface area contributed by atoms with E-state index in [1.54, 1.807) is 19.4 Å². The van der Waals surface area contributed by atoms with Gasteiger partial charge in [-0.3, -0.25) is 34.2 Å². The van der Waals surface area contributed by atoms with E-state index in [-0.39, 0.29) is 43.3 Å². The third-order valence-electron chi connectivity index (χ3n) is 12.8. The average molecular weight is 809 g/mol. The maximum absolute atomic E-state index is 15.4. The molecule has 3 amide bonds. The molecule has 59 heavy (non-hydrogen) atoms. The number of hydrogen-bond donors (Lipinski definition) is 2. The molecule has 5 aliphatic heterocycles. The predicted molar refractivity (Wildman–Crippen MR) is 220 cm³/mol. The lowest BCUT2D eigenvalue weighted by Crippen LogP contribution is -2.53. The van der Waals surface area contributed by atoms with E-state index in [9.17, 15) is 14.4 Å². The number of benzene rings is 1. The molecule has 16 nitrogen and oxygen atoms in total. The van der Waals surface area contributed by atoms with Gasteiger partial charge in [-0.15, -0.1) is 0 Å². The van der Waals surface area contributed by atoms with Crippen LogP contribution in [0.3, 0.4) is 0 Å². The van der Waals surface area contributed by atoms with Crippen LogP contribution in [0.25, 0.3) is 10.9 Å². The van der Waals surface area contributed by atoms with Crippen LogP contribution in [0.4, 0.5) is 27.8 Å². The first-order chi connectivity index (χ1) is 28.6. The van der Waals surface area contributed by atoms with Crippen molar-refractivity contribution < 1.29 is 23.5 Å². The molecule has 2 N–H and O–H groups in total. The maximum atomic E-state index is 15.4. The number of piperidine rings is 3.